The highest BCUT2D eigenvalue weighted by Crippen LogP contribution is 2.28. The smallest absolute Gasteiger partial charge is 0.292 e. The number of nitrogens with one attached hydrogen (secondary N) is 1. The summed E-state index contributed by atoms with van der Waals surface area (Å²) < 4.78 is 5.40. The van der Waals surface area contributed by atoms with Crippen LogP contribution < -0.4 is 10.2 Å². The van der Waals surface area contributed by atoms with Gasteiger partial charge in [0.25, 0.3) is 5.91 Å². The first kappa shape index (κ1) is 14.7. The lowest BCUT2D eigenvalue weighted by molar-refractivity contribution is 0.0995. The van der Waals surface area contributed by atoms with E-state index in [0.717, 1.165) is 42.8 Å². The topological polar surface area (TPSA) is 71.3 Å². The molecule has 24 heavy (non-hydrogen) atoms. The van der Waals surface area contributed by atoms with Crippen LogP contribution in [0.3, 0.4) is 0 Å². The minimum Gasteiger partial charge on any atom is -0.456 e. The van der Waals surface area contributed by atoms with Crippen LogP contribution in [0.15, 0.2) is 40.8 Å². The normalized spacial score (nSPS) is 14.3. The number of aryl methyl sites for hydroxylation is 1. The molecule has 6 heteroatoms. The van der Waals surface area contributed by atoms with Gasteiger partial charge >= 0.3 is 0 Å². The summed E-state index contributed by atoms with van der Waals surface area (Å²) in [6, 6.07) is 11.1. The summed E-state index contributed by atoms with van der Waals surface area (Å²) in [6.45, 7) is 3.66. The monoisotopic (exact) mass is 322 g/mol. The van der Waals surface area contributed by atoms with Crippen LogP contribution in [0.5, 0.6) is 0 Å². The fourth-order valence-electron chi connectivity index (χ4n) is 2.95. The maximum absolute atomic E-state index is 12.4. The number of hydrogen-bond acceptors (Lipinski definition) is 5. The Kier molecular flexibility index (Phi) is 3.65. The van der Waals surface area contributed by atoms with Gasteiger partial charge in [-0.25, -0.2) is 9.97 Å². The first-order valence-electron chi connectivity index (χ1n) is 8.10. The Hall–Kier alpha value is -2.89. The van der Waals surface area contributed by atoms with Gasteiger partial charge in [-0.2, -0.15) is 0 Å². The summed E-state index contributed by atoms with van der Waals surface area (Å²) in [5.74, 6) is 1.87. The first-order valence-corrected chi connectivity index (χ1v) is 8.10. The highest BCUT2D eigenvalue weighted by Gasteiger charge is 2.21. The molecule has 1 amide bonds. The first-order chi connectivity index (χ1) is 11.7. The van der Waals surface area contributed by atoms with Crippen molar-refractivity contribution >= 4 is 28.6 Å². The van der Waals surface area contributed by atoms with Gasteiger partial charge in [-0.1, -0.05) is 12.1 Å². The lowest BCUT2D eigenvalue weighted by Gasteiger charge is -2.19. The lowest BCUT2D eigenvalue weighted by Crippen LogP contribution is -2.23. The number of fused-ring (bicyclic) bond motifs is 1. The van der Waals surface area contributed by atoms with Gasteiger partial charge in [-0.15, -0.1) is 0 Å². The fraction of sp³-hybridized carbons (Fsp3) is 0.278. The number of rotatable bonds is 3. The van der Waals surface area contributed by atoms with Crippen LogP contribution in [-0.4, -0.2) is 29.0 Å². The summed E-state index contributed by atoms with van der Waals surface area (Å²) in [7, 11) is 0. The Morgan fingerprint density at radius 2 is 1.79 bits per heavy atom. The van der Waals surface area contributed by atoms with Crippen LogP contribution in [0.1, 0.15) is 29.2 Å². The van der Waals surface area contributed by atoms with Crippen molar-refractivity contribution in [1.82, 2.24) is 9.97 Å². The number of para-hydroxylation sites is 2. The van der Waals surface area contributed by atoms with Crippen molar-refractivity contribution < 1.29 is 9.21 Å². The van der Waals surface area contributed by atoms with E-state index in [0.29, 0.717) is 11.6 Å². The lowest BCUT2D eigenvalue weighted by atomic mass is 10.3. The second-order valence-corrected chi connectivity index (χ2v) is 5.94. The zero-order valence-electron chi connectivity index (χ0n) is 13.5. The summed E-state index contributed by atoms with van der Waals surface area (Å²) in [5.41, 5.74) is 1.58. The maximum Gasteiger partial charge on any atom is 0.292 e. The van der Waals surface area contributed by atoms with E-state index in [1.807, 2.05) is 31.2 Å². The highest BCUT2D eigenvalue weighted by molar-refractivity contribution is 6.03. The van der Waals surface area contributed by atoms with Crippen molar-refractivity contribution in [3.8, 4) is 0 Å². The standard InChI is InChI=1S/C18H18N4O2/c1-12-8-9-15(24-12)18(23)21-16-17(22-10-4-5-11-22)20-14-7-3-2-6-13(14)19-16/h2-3,6-9H,4-5,10-11H2,1H3,(H,19,21,23). The van der Waals surface area contributed by atoms with Crippen molar-refractivity contribution in [2.75, 3.05) is 23.3 Å². The van der Waals surface area contributed by atoms with E-state index in [2.05, 4.69) is 15.2 Å². The molecule has 0 saturated carbocycles. The fourth-order valence-corrected chi connectivity index (χ4v) is 2.95. The van der Waals surface area contributed by atoms with Crippen LogP contribution in [0, 0.1) is 6.92 Å². The van der Waals surface area contributed by atoms with Crippen molar-refractivity contribution in [1.29, 1.82) is 0 Å². The van der Waals surface area contributed by atoms with E-state index in [4.69, 9.17) is 9.40 Å². The van der Waals surface area contributed by atoms with Crippen LogP contribution in [-0.2, 0) is 0 Å². The number of carbonyl (C=O) groups excluding carboxylic acids is 1. The molecule has 1 aliphatic heterocycles. The number of anilines is 2. The van der Waals surface area contributed by atoms with Crippen molar-refractivity contribution in [3.05, 3.63) is 47.9 Å². The molecular weight excluding hydrogens is 304 g/mol. The number of nitrogens with zero attached hydrogens (tertiary/aromatic N) is 3. The van der Waals surface area contributed by atoms with Gasteiger partial charge < -0.3 is 14.6 Å². The Bertz CT molecular complexity index is 897. The number of aromatic nitrogens is 2. The van der Waals surface area contributed by atoms with Gasteiger partial charge in [-0.3, -0.25) is 4.79 Å². The summed E-state index contributed by atoms with van der Waals surface area (Å²) >= 11 is 0. The van der Waals surface area contributed by atoms with E-state index in [1.165, 1.54) is 0 Å². The molecule has 0 aliphatic carbocycles. The molecule has 2 aromatic heterocycles. The molecule has 0 atom stereocenters. The molecule has 0 radical (unpaired) electrons. The van der Waals surface area contributed by atoms with Crippen LogP contribution in [0.25, 0.3) is 11.0 Å². The molecule has 1 fully saturated rings. The van der Waals surface area contributed by atoms with Gasteiger partial charge in [-0.05, 0) is 44.0 Å². The molecule has 0 unspecified atom stereocenters. The van der Waals surface area contributed by atoms with Crippen LogP contribution in [0.4, 0.5) is 11.6 Å². The molecule has 0 spiro atoms. The van der Waals surface area contributed by atoms with Crippen molar-refractivity contribution in [2.24, 2.45) is 0 Å². The van der Waals surface area contributed by atoms with Gasteiger partial charge in [0.2, 0.25) is 0 Å². The zero-order chi connectivity index (χ0) is 16.5. The molecule has 3 heterocycles. The molecule has 1 aromatic carbocycles. The number of amides is 1. The molecule has 4 rings (SSSR count). The molecule has 1 N–H and O–H groups in total. The predicted molar refractivity (Wildman–Crippen MR) is 92.4 cm³/mol. The van der Waals surface area contributed by atoms with Gasteiger partial charge in [0.1, 0.15) is 5.76 Å². The van der Waals surface area contributed by atoms with Crippen molar-refractivity contribution in [2.45, 2.75) is 19.8 Å². The molecule has 1 saturated heterocycles. The predicted octanol–water partition coefficient (Wildman–Crippen LogP) is 3.38. The summed E-state index contributed by atoms with van der Waals surface area (Å²) in [5, 5.41) is 2.86. The third-order valence-electron chi connectivity index (χ3n) is 4.15. The van der Waals surface area contributed by atoms with E-state index < -0.39 is 0 Å². The average Bonchev–Trinajstić information content (AvgIpc) is 3.26. The molecule has 0 bridgehead atoms. The Morgan fingerprint density at radius 3 is 2.46 bits per heavy atom. The van der Waals surface area contributed by atoms with Gasteiger partial charge in [0.15, 0.2) is 17.4 Å². The number of hydrogen-bond donors (Lipinski definition) is 1. The van der Waals surface area contributed by atoms with Crippen LogP contribution in [0.2, 0.25) is 0 Å². The minimum atomic E-state index is -0.312. The third kappa shape index (κ3) is 2.71. The van der Waals surface area contributed by atoms with E-state index in [1.54, 1.807) is 12.1 Å². The SMILES string of the molecule is Cc1ccc(C(=O)Nc2nc3ccccc3nc2N2CCCC2)o1. The Labute approximate surface area is 139 Å². The van der Waals surface area contributed by atoms with E-state index >= 15 is 0 Å². The maximum atomic E-state index is 12.4. The largest absolute Gasteiger partial charge is 0.456 e. The number of furan rings is 1. The number of benzene rings is 1. The minimum absolute atomic E-state index is 0.273. The molecule has 122 valence electrons. The Balaban J connectivity index is 1.74. The van der Waals surface area contributed by atoms with Gasteiger partial charge in [0.05, 0.1) is 11.0 Å². The average molecular weight is 322 g/mol. The summed E-state index contributed by atoms with van der Waals surface area (Å²) in [4.78, 5) is 23.9. The van der Waals surface area contributed by atoms with E-state index in [-0.39, 0.29) is 11.7 Å². The number of carbonyl (C=O) groups is 1. The van der Waals surface area contributed by atoms with Gasteiger partial charge in [0, 0.05) is 13.1 Å². The quantitative estimate of drug-likeness (QED) is 0.800. The molecule has 6 nitrogen and oxygen atoms in total. The third-order valence-corrected chi connectivity index (χ3v) is 4.15. The zero-order valence-corrected chi connectivity index (χ0v) is 13.5. The Morgan fingerprint density at radius 1 is 1.08 bits per heavy atom. The molecule has 3 aromatic rings. The van der Waals surface area contributed by atoms with Crippen molar-refractivity contribution in [3.63, 3.8) is 0 Å². The second kappa shape index (κ2) is 5.96. The van der Waals surface area contributed by atoms with E-state index in [9.17, 15) is 4.79 Å². The second-order valence-electron chi connectivity index (χ2n) is 5.94. The summed E-state index contributed by atoms with van der Waals surface area (Å²) in [6.07, 6.45) is 2.25. The van der Waals surface area contributed by atoms with Crippen LogP contribution >= 0.6 is 0 Å². The molecule has 1 aliphatic rings. The highest BCUT2D eigenvalue weighted by atomic mass is 16.3. The molecular formula is C18H18N4O2.